The van der Waals surface area contributed by atoms with Gasteiger partial charge in [-0.2, -0.15) is 0 Å². The smallest absolute Gasteiger partial charge is 0.227 e. The molecule has 3 aromatic rings. The highest BCUT2D eigenvalue weighted by molar-refractivity contribution is 5.87. The van der Waals surface area contributed by atoms with Crippen LogP contribution in [0.5, 0.6) is 17.2 Å². The van der Waals surface area contributed by atoms with Crippen molar-refractivity contribution in [2.24, 2.45) is 0 Å². The number of phenolic OH excluding ortho intramolecular Hbond substituents is 2. The Morgan fingerprint density at radius 1 is 0.926 bits per heavy atom. The number of aromatic hydroxyl groups is 2. The van der Waals surface area contributed by atoms with E-state index < -0.39 is 0 Å². The van der Waals surface area contributed by atoms with Gasteiger partial charge in [0.2, 0.25) is 5.89 Å². The Kier molecular flexibility index (Phi) is 4.37. The lowest BCUT2D eigenvalue weighted by atomic mass is 9.79. The van der Waals surface area contributed by atoms with Crippen LogP contribution in [0, 0.1) is 0 Å². The predicted octanol–water partition coefficient (Wildman–Crippen LogP) is 5.51. The van der Waals surface area contributed by atoms with Crippen molar-refractivity contribution in [1.82, 2.24) is 4.98 Å². The minimum Gasteiger partial charge on any atom is -0.504 e. The quantitative estimate of drug-likeness (QED) is 0.623. The molecule has 0 radical (unpaired) electrons. The molecule has 0 fully saturated rings. The monoisotopic (exact) mass is 369 g/mol. The van der Waals surface area contributed by atoms with Gasteiger partial charge in [0.05, 0.1) is 7.11 Å². The molecule has 144 valence electrons. The molecular weight excluding hydrogens is 342 g/mol. The average molecular weight is 369 g/mol. The molecule has 0 aliphatic heterocycles. The lowest BCUT2D eigenvalue weighted by Crippen LogP contribution is -2.17. The van der Waals surface area contributed by atoms with Gasteiger partial charge in [-0.1, -0.05) is 41.5 Å². The molecule has 0 unspecified atom stereocenters. The normalized spacial score (nSPS) is 12.6. The van der Waals surface area contributed by atoms with Gasteiger partial charge in [-0.25, -0.2) is 4.98 Å². The van der Waals surface area contributed by atoms with Crippen LogP contribution in [-0.2, 0) is 10.8 Å². The number of phenols is 2. The third-order valence-corrected chi connectivity index (χ3v) is 4.68. The summed E-state index contributed by atoms with van der Waals surface area (Å²) in [5, 5.41) is 20.7. The van der Waals surface area contributed by atoms with Gasteiger partial charge in [0, 0.05) is 11.1 Å². The Bertz CT molecular complexity index is 1000. The molecule has 27 heavy (non-hydrogen) atoms. The first kappa shape index (κ1) is 19.1. The van der Waals surface area contributed by atoms with E-state index in [2.05, 4.69) is 46.5 Å². The summed E-state index contributed by atoms with van der Waals surface area (Å²) in [6, 6.07) is 6.94. The van der Waals surface area contributed by atoms with E-state index in [1.54, 1.807) is 12.1 Å². The van der Waals surface area contributed by atoms with Crippen LogP contribution < -0.4 is 4.74 Å². The summed E-state index contributed by atoms with van der Waals surface area (Å²) < 4.78 is 11.2. The van der Waals surface area contributed by atoms with E-state index in [-0.39, 0.29) is 22.3 Å². The van der Waals surface area contributed by atoms with Crippen molar-refractivity contribution in [1.29, 1.82) is 0 Å². The molecule has 0 saturated heterocycles. The highest BCUT2D eigenvalue weighted by Gasteiger charge is 2.29. The second kappa shape index (κ2) is 6.19. The molecule has 2 aromatic carbocycles. The highest BCUT2D eigenvalue weighted by Crippen LogP contribution is 2.43. The molecule has 2 N–H and O–H groups in total. The number of hydrogen-bond donors (Lipinski definition) is 2. The SMILES string of the molecule is COc1cc(-c2nc3c(C(C)(C)C)cc(C(C)(C)C)c(O)c3o2)ccc1O. The molecule has 1 heterocycles. The molecule has 0 amide bonds. The molecule has 3 rings (SSSR count). The number of hydrogen-bond acceptors (Lipinski definition) is 5. The van der Waals surface area contributed by atoms with Crippen molar-refractivity contribution in [2.45, 2.75) is 52.4 Å². The van der Waals surface area contributed by atoms with Crippen molar-refractivity contribution in [3.8, 4) is 28.7 Å². The van der Waals surface area contributed by atoms with E-state index in [0.29, 0.717) is 28.3 Å². The van der Waals surface area contributed by atoms with Crippen LogP contribution in [0.2, 0.25) is 0 Å². The van der Waals surface area contributed by atoms with Crippen molar-refractivity contribution in [3.63, 3.8) is 0 Å². The Balaban J connectivity index is 2.32. The van der Waals surface area contributed by atoms with E-state index >= 15 is 0 Å². The summed E-state index contributed by atoms with van der Waals surface area (Å²) in [6.45, 7) is 12.5. The third kappa shape index (κ3) is 3.34. The lowest BCUT2D eigenvalue weighted by Gasteiger charge is -2.25. The Labute approximate surface area is 159 Å². The second-order valence-corrected chi connectivity index (χ2v) is 8.90. The molecule has 5 nitrogen and oxygen atoms in total. The fourth-order valence-corrected chi connectivity index (χ4v) is 3.14. The van der Waals surface area contributed by atoms with Crippen molar-refractivity contribution in [2.75, 3.05) is 7.11 Å². The van der Waals surface area contributed by atoms with E-state index in [1.165, 1.54) is 13.2 Å². The number of methoxy groups -OCH3 is 1. The maximum absolute atomic E-state index is 10.9. The molecule has 0 bridgehead atoms. The summed E-state index contributed by atoms with van der Waals surface area (Å²) in [7, 11) is 1.49. The minimum atomic E-state index is -0.243. The molecule has 0 atom stereocenters. The summed E-state index contributed by atoms with van der Waals surface area (Å²) in [4.78, 5) is 4.67. The zero-order chi connectivity index (χ0) is 20.1. The Morgan fingerprint density at radius 2 is 1.56 bits per heavy atom. The van der Waals surface area contributed by atoms with E-state index in [4.69, 9.17) is 9.15 Å². The number of aromatic nitrogens is 1. The fourth-order valence-electron chi connectivity index (χ4n) is 3.14. The van der Waals surface area contributed by atoms with Gasteiger partial charge in [0.1, 0.15) is 5.52 Å². The molecule has 0 saturated carbocycles. The first-order chi connectivity index (χ1) is 12.4. The minimum absolute atomic E-state index is 0.0469. The van der Waals surface area contributed by atoms with Crippen LogP contribution in [-0.4, -0.2) is 22.3 Å². The van der Waals surface area contributed by atoms with Crippen LogP contribution in [0.4, 0.5) is 0 Å². The largest absolute Gasteiger partial charge is 0.504 e. The zero-order valence-corrected chi connectivity index (χ0v) is 17.0. The Morgan fingerprint density at radius 3 is 2.11 bits per heavy atom. The second-order valence-electron chi connectivity index (χ2n) is 8.90. The van der Waals surface area contributed by atoms with E-state index in [9.17, 15) is 10.2 Å². The molecular formula is C22H27NO4. The summed E-state index contributed by atoms with van der Waals surface area (Å²) in [5.41, 5.74) is 3.12. The molecule has 0 spiro atoms. The maximum atomic E-state index is 10.9. The molecule has 1 aromatic heterocycles. The van der Waals surface area contributed by atoms with Crippen LogP contribution in [0.3, 0.4) is 0 Å². The number of fused-ring (bicyclic) bond motifs is 1. The van der Waals surface area contributed by atoms with Gasteiger partial charge in [0.25, 0.3) is 0 Å². The van der Waals surface area contributed by atoms with Gasteiger partial charge in [-0.3, -0.25) is 0 Å². The number of nitrogens with zero attached hydrogens (tertiary/aromatic N) is 1. The van der Waals surface area contributed by atoms with Gasteiger partial charge in [-0.15, -0.1) is 0 Å². The first-order valence-corrected chi connectivity index (χ1v) is 8.98. The van der Waals surface area contributed by atoms with Crippen molar-refractivity contribution in [3.05, 3.63) is 35.4 Å². The molecule has 5 heteroatoms. The molecule has 0 aliphatic carbocycles. The number of oxazole rings is 1. The van der Waals surface area contributed by atoms with E-state index in [1.807, 2.05) is 6.07 Å². The average Bonchev–Trinajstić information content (AvgIpc) is 2.98. The third-order valence-electron chi connectivity index (χ3n) is 4.68. The summed E-state index contributed by atoms with van der Waals surface area (Å²) in [6.07, 6.45) is 0. The van der Waals surface area contributed by atoms with Gasteiger partial charge in [-0.05, 0) is 40.7 Å². The van der Waals surface area contributed by atoms with Crippen LogP contribution >= 0.6 is 0 Å². The zero-order valence-electron chi connectivity index (χ0n) is 17.0. The van der Waals surface area contributed by atoms with Crippen molar-refractivity contribution >= 4 is 11.1 Å². The van der Waals surface area contributed by atoms with Crippen LogP contribution in [0.1, 0.15) is 52.7 Å². The van der Waals surface area contributed by atoms with Gasteiger partial charge < -0.3 is 19.4 Å². The summed E-state index contributed by atoms with van der Waals surface area (Å²) >= 11 is 0. The maximum Gasteiger partial charge on any atom is 0.227 e. The van der Waals surface area contributed by atoms with Gasteiger partial charge in [0.15, 0.2) is 22.8 Å². The predicted molar refractivity (Wildman–Crippen MR) is 107 cm³/mol. The number of rotatable bonds is 2. The first-order valence-electron chi connectivity index (χ1n) is 8.98. The van der Waals surface area contributed by atoms with E-state index in [0.717, 1.165) is 11.1 Å². The Hall–Kier alpha value is -2.69. The fraction of sp³-hybridized carbons (Fsp3) is 0.409. The summed E-state index contributed by atoms with van der Waals surface area (Å²) in [5.74, 6) is 0.876. The highest BCUT2D eigenvalue weighted by atomic mass is 16.5. The number of ether oxygens (including phenoxy) is 1. The topological polar surface area (TPSA) is 75.7 Å². The van der Waals surface area contributed by atoms with Crippen molar-refractivity contribution < 1.29 is 19.4 Å². The van der Waals surface area contributed by atoms with Crippen LogP contribution in [0.25, 0.3) is 22.6 Å². The number of benzene rings is 2. The lowest BCUT2D eigenvalue weighted by molar-refractivity contribution is 0.373. The van der Waals surface area contributed by atoms with Gasteiger partial charge >= 0.3 is 0 Å². The van der Waals surface area contributed by atoms with Crippen LogP contribution in [0.15, 0.2) is 28.7 Å². The molecule has 0 aliphatic rings. The standard InChI is InChI=1S/C22H27NO4/c1-21(2,3)13-11-14(22(4,5)6)18(25)19-17(13)23-20(27-19)12-8-9-15(24)16(10-12)26-7/h8-11,24-25H,1-7H3.